The van der Waals surface area contributed by atoms with Gasteiger partial charge >= 0.3 is 6.03 Å². The number of aryl methyl sites for hydroxylation is 1. The smallest absolute Gasteiger partial charge is 0.319 e. The number of aromatic amines is 1. The van der Waals surface area contributed by atoms with Gasteiger partial charge in [0.15, 0.2) is 0 Å². The molecule has 3 aromatic rings. The minimum Gasteiger partial charge on any atom is -0.348 e. The van der Waals surface area contributed by atoms with Crippen molar-refractivity contribution in [3.8, 4) is 0 Å². The summed E-state index contributed by atoms with van der Waals surface area (Å²) in [5.74, 6) is 0.0284. The maximum absolute atomic E-state index is 12.1. The summed E-state index contributed by atoms with van der Waals surface area (Å²) in [5.41, 5.74) is 6.69. The van der Waals surface area contributed by atoms with Crippen molar-refractivity contribution in [3.63, 3.8) is 0 Å². The van der Waals surface area contributed by atoms with Gasteiger partial charge in [0, 0.05) is 23.6 Å². The summed E-state index contributed by atoms with van der Waals surface area (Å²) in [6, 6.07) is 14.6. The SMILES string of the molecule is Cc1cccc(C(c2cccc(NC(=O)NC3CC3)c2)c2cnc[nH]2)c1C. The number of hydrogen-bond donors (Lipinski definition) is 3. The van der Waals surface area contributed by atoms with Gasteiger partial charge in [-0.3, -0.25) is 0 Å². The maximum atomic E-state index is 12.1. The van der Waals surface area contributed by atoms with Crippen molar-refractivity contribution >= 4 is 11.7 Å². The summed E-state index contributed by atoms with van der Waals surface area (Å²) >= 11 is 0. The second-order valence-corrected chi connectivity index (χ2v) is 7.23. The van der Waals surface area contributed by atoms with E-state index in [1.165, 1.54) is 16.7 Å². The molecule has 0 saturated heterocycles. The largest absolute Gasteiger partial charge is 0.348 e. The molecule has 2 aromatic carbocycles. The van der Waals surface area contributed by atoms with E-state index in [2.05, 4.69) is 58.7 Å². The molecule has 0 aliphatic heterocycles. The highest BCUT2D eigenvalue weighted by atomic mass is 16.2. The summed E-state index contributed by atoms with van der Waals surface area (Å²) in [6.45, 7) is 4.28. The van der Waals surface area contributed by atoms with E-state index in [0.29, 0.717) is 6.04 Å². The molecular formula is C22H24N4O. The third kappa shape index (κ3) is 3.87. The molecule has 27 heavy (non-hydrogen) atoms. The standard InChI is InChI=1S/C22H24N4O/c1-14-5-3-8-19(15(14)2)21(20-12-23-13-24-20)16-6-4-7-18(11-16)26-22(27)25-17-9-10-17/h3-8,11-13,17,21H,9-10H2,1-2H3,(H,23,24)(H2,25,26,27). The number of nitrogens with one attached hydrogen (secondary N) is 3. The van der Waals surface area contributed by atoms with E-state index in [0.717, 1.165) is 29.8 Å². The Morgan fingerprint density at radius 3 is 2.74 bits per heavy atom. The van der Waals surface area contributed by atoms with Crippen LogP contribution in [0, 0.1) is 13.8 Å². The van der Waals surface area contributed by atoms with Crippen LogP contribution in [0.4, 0.5) is 10.5 Å². The highest BCUT2D eigenvalue weighted by Gasteiger charge is 2.24. The van der Waals surface area contributed by atoms with Gasteiger partial charge in [-0.15, -0.1) is 0 Å². The van der Waals surface area contributed by atoms with Crippen molar-refractivity contribution in [3.05, 3.63) is 82.9 Å². The van der Waals surface area contributed by atoms with Crippen molar-refractivity contribution in [2.45, 2.75) is 38.6 Å². The van der Waals surface area contributed by atoms with Crippen LogP contribution in [0.5, 0.6) is 0 Å². The number of carbonyl (C=O) groups is 1. The van der Waals surface area contributed by atoms with Gasteiger partial charge in [0.05, 0.1) is 12.2 Å². The van der Waals surface area contributed by atoms with Crippen molar-refractivity contribution in [2.24, 2.45) is 0 Å². The van der Waals surface area contributed by atoms with Crippen LogP contribution in [0.15, 0.2) is 55.0 Å². The van der Waals surface area contributed by atoms with Crippen LogP contribution in [-0.2, 0) is 0 Å². The fraction of sp³-hybridized carbons (Fsp3) is 0.273. The van der Waals surface area contributed by atoms with Crippen molar-refractivity contribution in [2.75, 3.05) is 5.32 Å². The normalized spacial score (nSPS) is 14.6. The van der Waals surface area contributed by atoms with Gasteiger partial charge in [0.25, 0.3) is 0 Å². The first-order valence-corrected chi connectivity index (χ1v) is 9.33. The molecule has 1 fully saturated rings. The molecule has 1 unspecified atom stereocenters. The van der Waals surface area contributed by atoms with E-state index in [9.17, 15) is 4.79 Å². The highest BCUT2D eigenvalue weighted by Crippen LogP contribution is 2.34. The Balaban J connectivity index is 1.69. The minimum atomic E-state index is -0.139. The van der Waals surface area contributed by atoms with E-state index in [1.807, 2.05) is 24.4 Å². The Labute approximate surface area is 159 Å². The van der Waals surface area contributed by atoms with Gasteiger partial charge < -0.3 is 15.6 Å². The number of hydrogen-bond acceptors (Lipinski definition) is 2. The lowest BCUT2D eigenvalue weighted by molar-refractivity contribution is 0.251. The lowest BCUT2D eigenvalue weighted by Gasteiger charge is -2.21. The van der Waals surface area contributed by atoms with Gasteiger partial charge in [-0.1, -0.05) is 30.3 Å². The van der Waals surface area contributed by atoms with Gasteiger partial charge in [0.2, 0.25) is 0 Å². The fourth-order valence-corrected chi connectivity index (χ4v) is 3.41. The van der Waals surface area contributed by atoms with E-state index < -0.39 is 0 Å². The average molecular weight is 360 g/mol. The number of carbonyl (C=O) groups excluding carboxylic acids is 1. The Bertz CT molecular complexity index is 945. The molecule has 0 radical (unpaired) electrons. The Hall–Kier alpha value is -3.08. The zero-order valence-electron chi connectivity index (χ0n) is 15.6. The predicted molar refractivity (Wildman–Crippen MR) is 107 cm³/mol. The molecule has 5 heteroatoms. The number of anilines is 1. The molecule has 1 heterocycles. The van der Waals surface area contributed by atoms with Crippen LogP contribution < -0.4 is 10.6 Å². The number of amides is 2. The van der Waals surface area contributed by atoms with E-state index in [4.69, 9.17) is 0 Å². The van der Waals surface area contributed by atoms with Gasteiger partial charge in [-0.25, -0.2) is 9.78 Å². The molecule has 1 atom stereocenters. The van der Waals surface area contributed by atoms with Crippen molar-refractivity contribution in [1.29, 1.82) is 0 Å². The van der Waals surface area contributed by atoms with Crippen LogP contribution >= 0.6 is 0 Å². The van der Waals surface area contributed by atoms with E-state index in [-0.39, 0.29) is 11.9 Å². The van der Waals surface area contributed by atoms with Gasteiger partial charge in [-0.2, -0.15) is 0 Å². The minimum absolute atomic E-state index is 0.0284. The van der Waals surface area contributed by atoms with Crippen LogP contribution in [0.25, 0.3) is 0 Å². The van der Waals surface area contributed by atoms with Crippen molar-refractivity contribution < 1.29 is 4.79 Å². The average Bonchev–Trinajstić information content (AvgIpc) is 3.29. The lowest BCUT2D eigenvalue weighted by Crippen LogP contribution is -2.30. The molecule has 4 rings (SSSR count). The quantitative estimate of drug-likeness (QED) is 0.627. The Morgan fingerprint density at radius 2 is 2.00 bits per heavy atom. The molecule has 2 amide bonds. The molecule has 3 N–H and O–H groups in total. The first kappa shape index (κ1) is 17.3. The number of benzene rings is 2. The maximum Gasteiger partial charge on any atom is 0.319 e. The molecule has 1 aromatic heterocycles. The van der Waals surface area contributed by atoms with Crippen LogP contribution in [-0.4, -0.2) is 22.0 Å². The zero-order valence-corrected chi connectivity index (χ0v) is 15.6. The van der Waals surface area contributed by atoms with Crippen molar-refractivity contribution in [1.82, 2.24) is 15.3 Å². The first-order valence-electron chi connectivity index (χ1n) is 9.33. The zero-order chi connectivity index (χ0) is 18.8. The first-order chi connectivity index (χ1) is 13.1. The summed E-state index contributed by atoms with van der Waals surface area (Å²) in [5, 5.41) is 5.92. The Kier molecular flexibility index (Phi) is 4.67. The molecule has 1 saturated carbocycles. The summed E-state index contributed by atoms with van der Waals surface area (Å²) in [6.07, 6.45) is 5.72. The molecular weight excluding hydrogens is 336 g/mol. The lowest BCUT2D eigenvalue weighted by atomic mass is 9.85. The topological polar surface area (TPSA) is 69.8 Å². The predicted octanol–water partition coefficient (Wildman–Crippen LogP) is 4.49. The second kappa shape index (κ2) is 7.27. The summed E-state index contributed by atoms with van der Waals surface area (Å²) in [4.78, 5) is 19.6. The number of H-pyrrole nitrogens is 1. The van der Waals surface area contributed by atoms with E-state index in [1.54, 1.807) is 6.33 Å². The molecule has 138 valence electrons. The molecule has 1 aliphatic rings. The third-order valence-electron chi connectivity index (χ3n) is 5.18. The second-order valence-electron chi connectivity index (χ2n) is 7.23. The highest BCUT2D eigenvalue weighted by molar-refractivity contribution is 5.89. The Morgan fingerprint density at radius 1 is 1.19 bits per heavy atom. The molecule has 0 bridgehead atoms. The number of nitrogens with zero attached hydrogens (tertiary/aromatic N) is 1. The van der Waals surface area contributed by atoms with Crippen LogP contribution in [0.3, 0.4) is 0 Å². The number of rotatable bonds is 5. The summed E-state index contributed by atoms with van der Waals surface area (Å²) in [7, 11) is 0. The molecule has 5 nitrogen and oxygen atoms in total. The fourth-order valence-electron chi connectivity index (χ4n) is 3.41. The van der Waals surface area contributed by atoms with Crippen LogP contribution in [0.1, 0.15) is 46.7 Å². The van der Waals surface area contributed by atoms with Gasteiger partial charge in [-0.05, 0) is 61.1 Å². The molecule has 0 spiro atoms. The van der Waals surface area contributed by atoms with E-state index >= 15 is 0 Å². The number of aromatic nitrogens is 2. The van der Waals surface area contributed by atoms with Gasteiger partial charge in [0.1, 0.15) is 0 Å². The number of imidazole rings is 1. The number of urea groups is 1. The monoisotopic (exact) mass is 360 g/mol. The summed E-state index contributed by atoms with van der Waals surface area (Å²) < 4.78 is 0. The van der Waals surface area contributed by atoms with Crippen LogP contribution in [0.2, 0.25) is 0 Å². The third-order valence-corrected chi connectivity index (χ3v) is 5.18. The molecule has 1 aliphatic carbocycles.